The highest BCUT2D eigenvalue weighted by atomic mass is 32.1. The summed E-state index contributed by atoms with van der Waals surface area (Å²) in [6, 6.07) is 5.34. The maximum absolute atomic E-state index is 5.51. The second kappa shape index (κ2) is 3.02. The lowest BCUT2D eigenvalue weighted by atomic mass is 9.96. The van der Waals surface area contributed by atoms with Crippen molar-refractivity contribution in [1.29, 1.82) is 0 Å². The van der Waals surface area contributed by atoms with Gasteiger partial charge < -0.3 is 4.74 Å². The molecule has 0 saturated carbocycles. The third kappa shape index (κ3) is 1.48. The Morgan fingerprint density at radius 3 is 2.70 bits per heavy atom. The molecule has 0 fully saturated rings. The summed E-state index contributed by atoms with van der Waals surface area (Å²) >= 11 is 4.12. The van der Waals surface area contributed by atoms with Gasteiger partial charge in [-0.05, 0) is 12.1 Å². The van der Waals surface area contributed by atoms with Crippen LogP contribution in [0.2, 0.25) is 0 Å². The van der Waals surface area contributed by atoms with Crippen LogP contribution in [0.15, 0.2) is 23.1 Å². The molecule has 0 aromatic heterocycles. The van der Waals surface area contributed by atoms with Crippen molar-refractivity contribution in [2.45, 2.75) is 4.90 Å². The molecule has 1 aromatic carbocycles. The largest absolute Gasteiger partial charge is 0.497 e. The van der Waals surface area contributed by atoms with Crippen LogP contribution in [-0.4, -0.2) is 15.0 Å². The van der Waals surface area contributed by atoms with Crippen molar-refractivity contribution >= 4 is 25.9 Å². The lowest BCUT2D eigenvalue weighted by Crippen LogP contribution is -2.03. The van der Waals surface area contributed by atoms with Crippen molar-refractivity contribution in [1.82, 2.24) is 0 Å². The van der Waals surface area contributed by atoms with Gasteiger partial charge in [-0.1, -0.05) is 11.5 Å². The van der Waals surface area contributed by atoms with Gasteiger partial charge in [-0.15, -0.1) is 12.6 Å². The number of thiol groups is 1. The van der Waals surface area contributed by atoms with Crippen LogP contribution in [0.4, 0.5) is 0 Å². The van der Waals surface area contributed by atoms with E-state index in [1.54, 1.807) is 25.3 Å². The van der Waals surface area contributed by atoms with E-state index in [4.69, 9.17) is 12.6 Å². The number of hydrogen-bond donors (Lipinski definition) is 1. The van der Waals surface area contributed by atoms with Gasteiger partial charge in [-0.25, -0.2) is 0 Å². The highest BCUT2D eigenvalue weighted by Crippen LogP contribution is 2.12. The fourth-order valence-corrected chi connectivity index (χ4v) is 0.852. The maximum atomic E-state index is 5.51. The van der Waals surface area contributed by atoms with Crippen LogP contribution in [0.25, 0.3) is 0 Å². The Kier molecular flexibility index (Phi) is 2.27. The van der Waals surface area contributed by atoms with E-state index in [1.165, 1.54) is 0 Å². The van der Waals surface area contributed by atoms with E-state index in [-0.39, 0.29) is 0 Å². The molecule has 50 valence electrons. The molecule has 0 spiro atoms. The molecular formula is C7H7BOS. The van der Waals surface area contributed by atoms with Crippen LogP contribution in [0.5, 0.6) is 5.75 Å². The zero-order chi connectivity index (χ0) is 7.56. The predicted octanol–water partition coefficient (Wildman–Crippen LogP) is 0.778. The standard InChI is InChI=1S/C7H7BOS/c1-9-5-2-3-6(8)7(10)4-5/h2-4,10H,1H3. The average Bonchev–Trinajstić information content (AvgIpc) is 1.95. The molecule has 0 bridgehead atoms. The van der Waals surface area contributed by atoms with E-state index in [2.05, 4.69) is 12.6 Å². The number of hydrogen-bond acceptors (Lipinski definition) is 2. The Hall–Kier alpha value is -0.565. The smallest absolute Gasteiger partial charge is 0.119 e. The van der Waals surface area contributed by atoms with Crippen molar-refractivity contribution in [2.75, 3.05) is 7.11 Å². The van der Waals surface area contributed by atoms with Crippen LogP contribution in [0.1, 0.15) is 0 Å². The maximum Gasteiger partial charge on any atom is 0.119 e. The van der Waals surface area contributed by atoms with Gasteiger partial charge in [0, 0.05) is 4.90 Å². The van der Waals surface area contributed by atoms with E-state index < -0.39 is 0 Å². The SMILES string of the molecule is [B]c1ccc(OC)cc1S. The van der Waals surface area contributed by atoms with Gasteiger partial charge in [-0.3, -0.25) is 0 Å². The highest BCUT2D eigenvalue weighted by Gasteiger charge is 1.93. The molecule has 10 heavy (non-hydrogen) atoms. The van der Waals surface area contributed by atoms with E-state index in [9.17, 15) is 0 Å². The minimum absolute atomic E-state index is 0.670. The summed E-state index contributed by atoms with van der Waals surface area (Å²) in [5.74, 6) is 0.777. The molecule has 1 nitrogen and oxygen atoms in total. The molecule has 0 amide bonds. The van der Waals surface area contributed by atoms with Crippen molar-refractivity contribution < 1.29 is 4.74 Å². The lowest BCUT2D eigenvalue weighted by molar-refractivity contribution is 0.414. The molecule has 2 radical (unpaired) electrons. The molecule has 0 N–H and O–H groups in total. The summed E-state index contributed by atoms with van der Waals surface area (Å²) in [6.45, 7) is 0. The summed E-state index contributed by atoms with van der Waals surface area (Å²) in [4.78, 5) is 0.749. The number of ether oxygens (including phenoxy) is 1. The van der Waals surface area contributed by atoms with E-state index in [0.29, 0.717) is 5.46 Å². The molecule has 0 aliphatic rings. The number of rotatable bonds is 1. The van der Waals surface area contributed by atoms with Crippen LogP contribution >= 0.6 is 12.6 Å². The number of methoxy groups -OCH3 is 1. The van der Waals surface area contributed by atoms with Gasteiger partial charge in [0.1, 0.15) is 13.6 Å². The Labute approximate surface area is 67.2 Å². The zero-order valence-corrected chi connectivity index (χ0v) is 6.56. The molecule has 0 heterocycles. The van der Waals surface area contributed by atoms with E-state index >= 15 is 0 Å². The van der Waals surface area contributed by atoms with Gasteiger partial charge in [0.25, 0.3) is 0 Å². The van der Waals surface area contributed by atoms with Gasteiger partial charge >= 0.3 is 0 Å². The van der Waals surface area contributed by atoms with Gasteiger partial charge in [0.2, 0.25) is 0 Å². The van der Waals surface area contributed by atoms with Crippen molar-refractivity contribution in [3.8, 4) is 5.75 Å². The molecule has 3 heteroatoms. The summed E-state index contributed by atoms with van der Waals surface area (Å²) < 4.78 is 4.95. The van der Waals surface area contributed by atoms with Crippen molar-refractivity contribution in [2.24, 2.45) is 0 Å². The fraction of sp³-hybridized carbons (Fsp3) is 0.143. The second-order valence-corrected chi connectivity index (χ2v) is 2.41. The Morgan fingerprint density at radius 2 is 2.20 bits per heavy atom. The lowest BCUT2D eigenvalue weighted by Gasteiger charge is -2.02. The normalized spacial score (nSPS) is 9.40. The average molecular weight is 150 g/mol. The summed E-state index contributed by atoms with van der Waals surface area (Å²) in [6.07, 6.45) is 0. The zero-order valence-electron chi connectivity index (χ0n) is 5.66. The Bertz CT molecular complexity index is 237. The molecule has 0 aliphatic heterocycles. The van der Waals surface area contributed by atoms with E-state index in [0.717, 1.165) is 10.6 Å². The minimum atomic E-state index is 0.670. The topological polar surface area (TPSA) is 9.23 Å². The Balaban J connectivity index is 3.04. The van der Waals surface area contributed by atoms with Gasteiger partial charge in [0.15, 0.2) is 0 Å². The summed E-state index contributed by atoms with van der Waals surface area (Å²) in [5, 5.41) is 0. The molecular weight excluding hydrogens is 143 g/mol. The van der Waals surface area contributed by atoms with Gasteiger partial charge in [-0.2, -0.15) is 0 Å². The van der Waals surface area contributed by atoms with E-state index in [1.807, 2.05) is 0 Å². The third-order valence-corrected chi connectivity index (χ3v) is 1.62. The van der Waals surface area contributed by atoms with Crippen LogP contribution < -0.4 is 10.2 Å². The Morgan fingerprint density at radius 1 is 1.50 bits per heavy atom. The molecule has 0 atom stereocenters. The summed E-state index contributed by atoms with van der Waals surface area (Å²) in [5.41, 5.74) is 0.670. The molecule has 1 aromatic rings. The molecule has 0 unspecified atom stereocenters. The van der Waals surface area contributed by atoms with Crippen molar-refractivity contribution in [3.63, 3.8) is 0 Å². The molecule has 1 rings (SSSR count). The first-order chi connectivity index (χ1) is 4.74. The fourth-order valence-electron chi connectivity index (χ4n) is 0.650. The second-order valence-electron chi connectivity index (χ2n) is 1.92. The first kappa shape index (κ1) is 7.54. The molecule has 0 aliphatic carbocycles. The first-order valence-electron chi connectivity index (χ1n) is 2.86. The summed E-state index contributed by atoms with van der Waals surface area (Å²) in [7, 11) is 7.12. The quantitative estimate of drug-likeness (QED) is 0.459. The number of benzene rings is 1. The van der Waals surface area contributed by atoms with Crippen LogP contribution in [0, 0.1) is 0 Å². The minimum Gasteiger partial charge on any atom is -0.497 e. The van der Waals surface area contributed by atoms with Crippen LogP contribution in [-0.2, 0) is 0 Å². The van der Waals surface area contributed by atoms with Crippen LogP contribution in [0.3, 0.4) is 0 Å². The first-order valence-corrected chi connectivity index (χ1v) is 3.31. The monoisotopic (exact) mass is 150 g/mol. The van der Waals surface area contributed by atoms with Gasteiger partial charge in [0.05, 0.1) is 7.11 Å². The third-order valence-electron chi connectivity index (χ3n) is 1.24. The predicted molar refractivity (Wildman–Crippen MR) is 45.6 cm³/mol. The molecule has 0 saturated heterocycles. The van der Waals surface area contributed by atoms with Crippen molar-refractivity contribution in [3.05, 3.63) is 18.2 Å². The highest BCUT2D eigenvalue weighted by molar-refractivity contribution is 7.80.